The number of rotatable bonds is 8. The number of thiophene rings is 1. The third kappa shape index (κ3) is 5.15. The standard InChI is InChI=1S/C29H28N2O2S2/c1-19-16-34-17-24(19)29(21-3-2-4-21)28(23-10-11-26-25(15-23)31-18-35-26)22-8-5-20(6-9-22)7-12-27(33)30-13-14-32/h5-12,15-18,21,32H,2-4,13-14H2,1H3,(H,30,33). The van der Waals surface area contributed by atoms with Gasteiger partial charge in [-0.05, 0) is 93.6 Å². The summed E-state index contributed by atoms with van der Waals surface area (Å²) in [5, 5.41) is 16.0. The Hall–Kier alpha value is -3.06. The van der Waals surface area contributed by atoms with Crippen molar-refractivity contribution in [2.45, 2.75) is 26.2 Å². The minimum Gasteiger partial charge on any atom is -0.395 e. The highest BCUT2D eigenvalue weighted by Crippen LogP contribution is 2.46. The zero-order valence-electron chi connectivity index (χ0n) is 19.7. The minimum absolute atomic E-state index is 0.0665. The van der Waals surface area contributed by atoms with Crippen LogP contribution in [-0.2, 0) is 4.79 Å². The normalized spacial score (nSPS) is 14.8. The van der Waals surface area contributed by atoms with Crippen molar-refractivity contribution >= 4 is 56.0 Å². The van der Waals surface area contributed by atoms with Crippen molar-refractivity contribution in [1.82, 2.24) is 10.3 Å². The largest absolute Gasteiger partial charge is 0.395 e. The van der Waals surface area contributed by atoms with Crippen LogP contribution in [0.25, 0.3) is 27.4 Å². The van der Waals surface area contributed by atoms with Gasteiger partial charge in [-0.15, -0.1) is 11.3 Å². The fraction of sp³-hybridized carbons (Fsp3) is 0.241. The number of nitrogens with one attached hydrogen (secondary N) is 1. The summed E-state index contributed by atoms with van der Waals surface area (Å²) in [4.78, 5) is 16.5. The Labute approximate surface area is 213 Å². The molecule has 0 atom stereocenters. The van der Waals surface area contributed by atoms with Crippen LogP contribution in [0.4, 0.5) is 0 Å². The summed E-state index contributed by atoms with van der Waals surface area (Å²) in [6.45, 7) is 2.40. The maximum Gasteiger partial charge on any atom is 0.244 e. The highest BCUT2D eigenvalue weighted by Gasteiger charge is 2.28. The first-order valence-corrected chi connectivity index (χ1v) is 13.7. The molecule has 1 aliphatic carbocycles. The van der Waals surface area contributed by atoms with Crippen LogP contribution < -0.4 is 5.32 Å². The third-order valence-electron chi connectivity index (χ3n) is 6.59. The number of hydrogen-bond acceptors (Lipinski definition) is 5. The quantitative estimate of drug-likeness (QED) is 0.270. The van der Waals surface area contributed by atoms with Crippen molar-refractivity contribution < 1.29 is 9.90 Å². The van der Waals surface area contributed by atoms with Gasteiger partial charge >= 0.3 is 0 Å². The molecule has 5 rings (SSSR count). The lowest BCUT2D eigenvalue weighted by Crippen LogP contribution is -2.24. The van der Waals surface area contributed by atoms with Gasteiger partial charge in [-0.1, -0.05) is 36.8 Å². The molecule has 0 bridgehead atoms. The van der Waals surface area contributed by atoms with Gasteiger partial charge in [0.05, 0.1) is 22.3 Å². The van der Waals surface area contributed by atoms with E-state index in [9.17, 15) is 4.79 Å². The zero-order chi connectivity index (χ0) is 24.2. The van der Waals surface area contributed by atoms with Gasteiger partial charge in [0.15, 0.2) is 0 Å². The topological polar surface area (TPSA) is 62.2 Å². The monoisotopic (exact) mass is 500 g/mol. The molecule has 2 aromatic heterocycles. The fourth-order valence-electron chi connectivity index (χ4n) is 4.55. The number of aliphatic hydroxyl groups is 1. The summed E-state index contributed by atoms with van der Waals surface area (Å²) >= 11 is 3.44. The number of hydrogen-bond donors (Lipinski definition) is 2. The lowest BCUT2D eigenvalue weighted by Gasteiger charge is -2.31. The van der Waals surface area contributed by atoms with Gasteiger partial charge in [0.25, 0.3) is 0 Å². The molecule has 2 N–H and O–H groups in total. The van der Waals surface area contributed by atoms with Crippen molar-refractivity contribution in [1.29, 1.82) is 0 Å². The van der Waals surface area contributed by atoms with E-state index in [0.717, 1.165) is 11.1 Å². The molecule has 0 radical (unpaired) electrons. The first-order valence-electron chi connectivity index (χ1n) is 11.9. The summed E-state index contributed by atoms with van der Waals surface area (Å²) in [5.74, 6) is 0.347. The molecule has 4 nitrogen and oxygen atoms in total. The molecule has 6 heteroatoms. The summed E-state index contributed by atoms with van der Waals surface area (Å²) in [6.07, 6.45) is 7.02. The summed E-state index contributed by atoms with van der Waals surface area (Å²) in [6, 6.07) is 15.1. The number of allylic oxidation sites excluding steroid dienone is 1. The van der Waals surface area contributed by atoms with E-state index in [1.165, 1.54) is 63.4 Å². The van der Waals surface area contributed by atoms with Crippen molar-refractivity contribution in [3.8, 4) is 0 Å². The molecule has 0 spiro atoms. The number of aromatic nitrogens is 1. The Morgan fingerprint density at radius 3 is 2.63 bits per heavy atom. The average Bonchev–Trinajstić information content (AvgIpc) is 3.49. The van der Waals surface area contributed by atoms with Crippen molar-refractivity contribution in [3.05, 3.63) is 92.6 Å². The van der Waals surface area contributed by atoms with Crippen LogP contribution in [0.5, 0.6) is 0 Å². The van der Waals surface area contributed by atoms with Crippen LogP contribution in [-0.4, -0.2) is 29.1 Å². The second-order valence-corrected chi connectivity index (χ2v) is 10.5. The Morgan fingerprint density at radius 2 is 1.94 bits per heavy atom. The number of carbonyl (C=O) groups is 1. The summed E-state index contributed by atoms with van der Waals surface area (Å²) in [5.41, 5.74) is 11.7. The number of thiazole rings is 1. The van der Waals surface area contributed by atoms with Gasteiger partial charge in [-0.3, -0.25) is 4.79 Å². The van der Waals surface area contributed by atoms with Crippen LogP contribution in [0.1, 0.15) is 47.1 Å². The van der Waals surface area contributed by atoms with Gasteiger partial charge in [-0.2, -0.15) is 11.3 Å². The lowest BCUT2D eigenvalue weighted by molar-refractivity contribution is -0.116. The molecular formula is C29H28N2O2S2. The second-order valence-electron chi connectivity index (χ2n) is 8.89. The van der Waals surface area contributed by atoms with Crippen LogP contribution in [0.15, 0.2) is 64.8 Å². The molecule has 1 aliphatic rings. The molecule has 4 aromatic rings. The maximum atomic E-state index is 11.9. The molecule has 0 unspecified atom stereocenters. The SMILES string of the molecule is Cc1cscc1C(=C(c1ccc(C=CC(=O)NCCO)cc1)c1ccc2scnc2c1)C1CCC1. The van der Waals surface area contributed by atoms with Crippen LogP contribution in [0.3, 0.4) is 0 Å². The Balaban J connectivity index is 1.60. The first kappa shape index (κ1) is 23.7. The minimum atomic E-state index is -0.208. The average molecular weight is 501 g/mol. The fourth-order valence-corrected chi connectivity index (χ4v) is 6.06. The predicted molar refractivity (Wildman–Crippen MR) is 148 cm³/mol. The Bertz CT molecular complexity index is 1390. The Kier molecular flexibility index (Phi) is 7.23. The van der Waals surface area contributed by atoms with Crippen molar-refractivity contribution in [3.63, 3.8) is 0 Å². The van der Waals surface area contributed by atoms with E-state index in [1.54, 1.807) is 28.7 Å². The van der Waals surface area contributed by atoms with E-state index in [1.807, 2.05) is 5.51 Å². The van der Waals surface area contributed by atoms with E-state index < -0.39 is 0 Å². The highest BCUT2D eigenvalue weighted by atomic mass is 32.1. The van der Waals surface area contributed by atoms with E-state index >= 15 is 0 Å². The first-order chi connectivity index (χ1) is 17.1. The van der Waals surface area contributed by atoms with Crippen LogP contribution >= 0.6 is 22.7 Å². The van der Waals surface area contributed by atoms with Crippen molar-refractivity contribution in [2.24, 2.45) is 5.92 Å². The number of amides is 1. The highest BCUT2D eigenvalue weighted by molar-refractivity contribution is 7.16. The molecule has 178 valence electrons. The summed E-state index contributed by atoms with van der Waals surface area (Å²) < 4.78 is 1.20. The van der Waals surface area contributed by atoms with Crippen LogP contribution in [0.2, 0.25) is 0 Å². The van der Waals surface area contributed by atoms with Gasteiger partial charge in [0.1, 0.15) is 0 Å². The van der Waals surface area contributed by atoms with E-state index in [-0.39, 0.29) is 19.1 Å². The molecule has 1 saturated carbocycles. The van der Waals surface area contributed by atoms with Gasteiger partial charge in [0.2, 0.25) is 5.91 Å². The van der Waals surface area contributed by atoms with E-state index in [4.69, 9.17) is 5.11 Å². The predicted octanol–water partition coefficient (Wildman–Crippen LogP) is 6.55. The Morgan fingerprint density at radius 1 is 1.14 bits per heavy atom. The molecule has 0 saturated heterocycles. The van der Waals surface area contributed by atoms with Gasteiger partial charge in [0, 0.05) is 12.6 Å². The van der Waals surface area contributed by atoms with Crippen LogP contribution in [0, 0.1) is 12.8 Å². The molecule has 2 heterocycles. The molecule has 1 amide bonds. The molecule has 1 fully saturated rings. The third-order valence-corrected chi connectivity index (χ3v) is 8.26. The molecule has 0 aliphatic heterocycles. The zero-order valence-corrected chi connectivity index (χ0v) is 21.3. The number of fused-ring (bicyclic) bond motifs is 1. The lowest BCUT2D eigenvalue weighted by atomic mass is 9.73. The van der Waals surface area contributed by atoms with Gasteiger partial charge < -0.3 is 10.4 Å². The molecular weight excluding hydrogens is 472 g/mol. The molecule has 2 aromatic carbocycles. The number of carbonyl (C=O) groups excluding carboxylic acids is 1. The number of aryl methyl sites for hydroxylation is 1. The summed E-state index contributed by atoms with van der Waals surface area (Å²) in [7, 11) is 0. The van der Waals surface area contributed by atoms with Gasteiger partial charge in [-0.25, -0.2) is 4.98 Å². The van der Waals surface area contributed by atoms with Crippen molar-refractivity contribution in [2.75, 3.05) is 13.2 Å². The second kappa shape index (κ2) is 10.7. The number of benzene rings is 2. The van der Waals surface area contributed by atoms with E-state index in [0.29, 0.717) is 5.92 Å². The smallest absolute Gasteiger partial charge is 0.244 e. The maximum absolute atomic E-state index is 11.9. The molecule has 35 heavy (non-hydrogen) atoms. The number of aliphatic hydroxyl groups excluding tert-OH is 1. The van der Waals surface area contributed by atoms with E-state index in [2.05, 4.69) is 70.4 Å². The number of nitrogens with zero attached hydrogens (tertiary/aromatic N) is 1.